The molecule has 1 rings (SSSR count). The van der Waals surface area contributed by atoms with Crippen LogP contribution in [-0.4, -0.2) is 25.7 Å². The van der Waals surface area contributed by atoms with Crippen LogP contribution in [0.1, 0.15) is 5.56 Å². The van der Waals surface area contributed by atoms with Gasteiger partial charge in [0.15, 0.2) is 5.82 Å². The maximum Gasteiger partial charge on any atom is 0.210 e. The number of primary sulfonamides is 1. The molecule has 1 aromatic rings. The van der Waals surface area contributed by atoms with Gasteiger partial charge in [-0.05, 0) is 28.1 Å². The number of halogens is 2. The average Bonchev–Trinajstić information content (AvgIpc) is 2.22. The molecule has 0 saturated heterocycles. The van der Waals surface area contributed by atoms with Gasteiger partial charge in [-0.1, -0.05) is 12.2 Å². The minimum Gasteiger partial charge on any atom is -0.389 e. The number of anilines is 1. The molecule has 5 nitrogen and oxygen atoms in total. The van der Waals surface area contributed by atoms with Gasteiger partial charge in [0.2, 0.25) is 10.0 Å². The van der Waals surface area contributed by atoms with Gasteiger partial charge in [-0.25, -0.2) is 17.9 Å². The smallest absolute Gasteiger partial charge is 0.210 e. The zero-order chi connectivity index (χ0) is 13.9. The van der Waals surface area contributed by atoms with E-state index in [1.165, 1.54) is 12.1 Å². The van der Waals surface area contributed by atoms with Crippen LogP contribution in [0.15, 0.2) is 16.6 Å². The van der Waals surface area contributed by atoms with Crippen molar-refractivity contribution >= 4 is 48.8 Å². The van der Waals surface area contributed by atoms with Crippen LogP contribution in [-0.2, 0) is 10.0 Å². The fourth-order valence-electron chi connectivity index (χ4n) is 1.20. The molecule has 0 spiro atoms. The highest BCUT2D eigenvalue weighted by molar-refractivity contribution is 9.10. The largest absolute Gasteiger partial charge is 0.389 e. The van der Waals surface area contributed by atoms with Crippen LogP contribution < -0.4 is 16.2 Å². The third-order valence-electron chi connectivity index (χ3n) is 2.05. The van der Waals surface area contributed by atoms with Crippen molar-refractivity contribution in [2.24, 2.45) is 10.9 Å². The Labute approximate surface area is 118 Å². The quantitative estimate of drug-likeness (QED) is 0.682. The van der Waals surface area contributed by atoms with Crippen molar-refractivity contribution in [2.75, 3.05) is 17.6 Å². The predicted octanol–water partition coefficient (Wildman–Crippen LogP) is 0.923. The van der Waals surface area contributed by atoms with Crippen LogP contribution in [0.4, 0.5) is 10.1 Å². The number of nitrogens with two attached hydrogens (primary N) is 2. The minimum absolute atomic E-state index is 0.00854. The lowest BCUT2D eigenvalue weighted by Crippen LogP contribution is -2.22. The van der Waals surface area contributed by atoms with E-state index < -0.39 is 15.8 Å². The van der Waals surface area contributed by atoms with E-state index in [0.717, 1.165) is 0 Å². The van der Waals surface area contributed by atoms with Crippen LogP contribution in [0, 0.1) is 5.82 Å². The van der Waals surface area contributed by atoms with Crippen molar-refractivity contribution in [3.05, 3.63) is 28.0 Å². The number of thiocarbonyl (C=S) groups is 1. The van der Waals surface area contributed by atoms with Gasteiger partial charge in [-0.3, -0.25) is 0 Å². The second-order valence-corrected chi connectivity index (χ2v) is 6.41. The Balaban J connectivity index is 2.86. The second-order valence-electron chi connectivity index (χ2n) is 3.45. The number of benzene rings is 1. The third-order valence-corrected chi connectivity index (χ3v) is 3.82. The summed E-state index contributed by atoms with van der Waals surface area (Å²) in [5, 5.41) is 7.46. The first-order valence-corrected chi connectivity index (χ1v) is 7.66. The van der Waals surface area contributed by atoms with E-state index in [1.807, 2.05) is 0 Å². The van der Waals surface area contributed by atoms with Crippen molar-refractivity contribution in [1.82, 2.24) is 0 Å². The summed E-state index contributed by atoms with van der Waals surface area (Å²) in [5.74, 6) is -0.879. The SMILES string of the molecule is NC(=S)c1ccc(NCCS(N)(=O)=O)c(F)c1Br. The summed E-state index contributed by atoms with van der Waals surface area (Å²) in [5.41, 5.74) is 5.93. The molecule has 0 bridgehead atoms. The molecule has 0 atom stereocenters. The van der Waals surface area contributed by atoms with E-state index in [0.29, 0.717) is 5.56 Å². The van der Waals surface area contributed by atoms with Crippen molar-refractivity contribution in [3.8, 4) is 0 Å². The lowest BCUT2D eigenvalue weighted by atomic mass is 10.2. The molecule has 0 heterocycles. The van der Waals surface area contributed by atoms with E-state index in [-0.39, 0.29) is 27.4 Å². The zero-order valence-corrected chi connectivity index (χ0v) is 12.3. The number of rotatable bonds is 5. The Morgan fingerprint density at radius 3 is 2.61 bits per heavy atom. The minimum atomic E-state index is -3.58. The number of sulfonamides is 1. The van der Waals surface area contributed by atoms with Crippen molar-refractivity contribution < 1.29 is 12.8 Å². The molecule has 9 heteroatoms. The van der Waals surface area contributed by atoms with Gasteiger partial charge in [0.1, 0.15) is 4.99 Å². The first-order valence-electron chi connectivity index (χ1n) is 4.74. The molecule has 0 fully saturated rings. The molecule has 18 heavy (non-hydrogen) atoms. The van der Waals surface area contributed by atoms with Gasteiger partial charge in [0, 0.05) is 12.1 Å². The van der Waals surface area contributed by atoms with Gasteiger partial charge in [0.05, 0.1) is 15.9 Å². The highest BCUT2D eigenvalue weighted by Crippen LogP contribution is 2.26. The molecule has 0 aliphatic carbocycles. The Morgan fingerprint density at radius 2 is 2.11 bits per heavy atom. The van der Waals surface area contributed by atoms with E-state index >= 15 is 0 Å². The van der Waals surface area contributed by atoms with Gasteiger partial charge < -0.3 is 11.1 Å². The fourth-order valence-corrected chi connectivity index (χ4v) is 2.45. The lowest BCUT2D eigenvalue weighted by molar-refractivity contribution is 0.597. The highest BCUT2D eigenvalue weighted by atomic mass is 79.9. The van der Waals surface area contributed by atoms with Gasteiger partial charge in [-0.2, -0.15) is 0 Å². The Kier molecular flexibility index (Phi) is 5.02. The molecule has 0 radical (unpaired) electrons. The monoisotopic (exact) mass is 355 g/mol. The van der Waals surface area contributed by atoms with Crippen LogP contribution in [0.3, 0.4) is 0 Å². The lowest BCUT2D eigenvalue weighted by Gasteiger charge is -2.10. The van der Waals surface area contributed by atoms with Gasteiger partial charge in [0.25, 0.3) is 0 Å². The summed E-state index contributed by atoms with van der Waals surface area (Å²) in [6, 6.07) is 2.96. The Bertz CT molecular complexity index is 577. The van der Waals surface area contributed by atoms with Crippen molar-refractivity contribution in [1.29, 1.82) is 0 Å². The zero-order valence-electron chi connectivity index (χ0n) is 9.11. The molecule has 1 aromatic carbocycles. The molecule has 0 saturated carbocycles. The summed E-state index contributed by atoms with van der Waals surface area (Å²) in [6.45, 7) is 0.00854. The summed E-state index contributed by atoms with van der Waals surface area (Å²) < 4.78 is 35.4. The van der Waals surface area contributed by atoms with Crippen LogP contribution >= 0.6 is 28.1 Å². The first kappa shape index (κ1) is 15.3. The number of nitrogens with one attached hydrogen (secondary N) is 1. The fraction of sp³-hybridized carbons (Fsp3) is 0.222. The van der Waals surface area contributed by atoms with E-state index in [2.05, 4.69) is 21.2 Å². The first-order chi connectivity index (χ1) is 8.22. The molecular weight excluding hydrogens is 345 g/mol. The maximum atomic E-state index is 13.8. The summed E-state index contributed by atoms with van der Waals surface area (Å²) in [4.78, 5) is 0.0665. The average molecular weight is 356 g/mol. The second kappa shape index (κ2) is 5.91. The van der Waals surface area contributed by atoms with Crippen LogP contribution in [0.2, 0.25) is 0 Å². The number of hydrogen-bond acceptors (Lipinski definition) is 4. The van der Waals surface area contributed by atoms with Crippen molar-refractivity contribution in [2.45, 2.75) is 0 Å². The van der Waals surface area contributed by atoms with E-state index in [1.54, 1.807) is 0 Å². The summed E-state index contributed by atoms with van der Waals surface area (Å²) in [6.07, 6.45) is 0. The predicted molar refractivity (Wildman–Crippen MR) is 76.5 cm³/mol. The molecule has 0 aliphatic rings. The highest BCUT2D eigenvalue weighted by Gasteiger charge is 2.13. The molecule has 0 amide bonds. The van der Waals surface area contributed by atoms with E-state index in [9.17, 15) is 12.8 Å². The van der Waals surface area contributed by atoms with Gasteiger partial charge >= 0.3 is 0 Å². The summed E-state index contributed by atoms with van der Waals surface area (Å²) in [7, 11) is -3.58. The van der Waals surface area contributed by atoms with Crippen LogP contribution in [0.5, 0.6) is 0 Å². The summed E-state index contributed by atoms with van der Waals surface area (Å²) >= 11 is 7.79. The van der Waals surface area contributed by atoms with Gasteiger partial charge in [-0.15, -0.1) is 0 Å². The Morgan fingerprint density at radius 1 is 1.50 bits per heavy atom. The van der Waals surface area contributed by atoms with E-state index in [4.69, 9.17) is 23.1 Å². The Hall–Kier alpha value is -0.770. The topological polar surface area (TPSA) is 98.2 Å². The van der Waals surface area contributed by atoms with Crippen molar-refractivity contribution in [3.63, 3.8) is 0 Å². The molecule has 0 aliphatic heterocycles. The molecule has 100 valence electrons. The normalized spacial score (nSPS) is 11.3. The molecule has 5 N–H and O–H groups in total. The molecule has 0 aromatic heterocycles. The number of hydrogen-bond donors (Lipinski definition) is 3. The van der Waals surface area contributed by atoms with Crippen LogP contribution in [0.25, 0.3) is 0 Å². The third kappa shape index (κ3) is 4.16. The standard InChI is InChI=1S/C9H11BrFN3O2S2/c10-7-5(9(12)17)1-2-6(8(7)11)14-3-4-18(13,15)16/h1-2,14H,3-4H2,(H2,12,17)(H2,13,15,16). The molecular formula is C9H11BrFN3O2S2. The molecule has 0 unspecified atom stereocenters. The maximum absolute atomic E-state index is 13.8.